The molecule has 0 saturated heterocycles. The maximum absolute atomic E-state index is 4.92. The molecular weight excluding hydrogens is 376 g/mol. The van der Waals surface area contributed by atoms with Crippen LogP contribution in [-0.4, -0.2) is 4.98 Å². The van der Waals surface area contributed by atoms with Crippen LogP contribution in [0.25, 0.3) is 33.5 Å². The second-order valence-corrected chi connectivity index (χ2v) is 9.42. The lowest BCUT2D eigenvalue weighted by molar-refractivity contribution is -0.660. The maximum Gasteiger partial charge on any atom is 0.212 e. The van der Waals surface area contributed by atoms with E-state index in [1.165, 1.54) is 55.9 Å². The summed E-state index contributed by atoms with van der Waals surface area (Å²) in [6.45, 7) is 11.1. The molecule has 31 heavy (non-hydrogen) atoms. The highest BCUT2D eigenvalue weighted by molar-refractivity contribution is 5.83. The number of fused-ring (bicyclic) bond motifs is 3. The molecule has 5 rings (SSSR count). The van der Waals surface area contributed by atoms with Crippen molar-refractivity contribution in [1.29, 1.82) is 0 Å². The van der Waals surface area contributed by atoms with E-state index in [2.05, 4.69) is 113 Å². The summed E-state index contributed by atoms with van der Waals surface area (Å²) >= 11 is 0. The highest BCUT2D eigenvalue weighted by Crippen LogP contribution is 2.49. The van der Waals surface area contributed by atoms with Gasteiger partial charge in [0.15, 0.2) is 6.20 Å². The van der Waals surface area contributed by atoms with E-state index in [4.69, 9.17) is 4.98 Å². The van der Waals surface area contributed by atoms with Gasteiger partial charge in [-0.05, 0) is 60.7 Å². The summed E-state index contributed by atoms with van der Waals surface area (Å²) < 4.78 is 2.27. The van der Waals surface area contributed by atoms with Gasteiger partial charge in [0, 0.05) is 33.9 Å². The summed E-state index contributed by atoms with van der Waals surface area (Å²) in [7, 11) is 2.15. The van der Waals surface area contributed by atoms with Gasteiger partial charge in [0.2, 0.25) is 5.69 Å². The van der Waals surface area contributed by atoms with Crippen molar-refractivity contribution in [3.63, 3.8) is 0 Å². The van der Waals surface area contributed by atoms with E-state index in [1.807, 2.05) is 0 Å². The van der Waals surface area contributed by atoms with Gasteiger partial charge in [-0.15, -0.1) is 0 Å². The largest absolute Gasteiger partial charge is 0.257 e. The summed E-state index contributed by atoms with van der Waals surface area (Å²) in [4.78, 5) is 4.92. The first-order chi connectivity index (χ1) is 14.8. The van der Waals surface area contributed by atoms with Crippen molar-refractivity contribution in [1.82, 2.24) is 4.98 Å². The zero-order chi connectivity index (χ0) is 21.9. The van der Waals surface area contributed by atoms with E-state index in [1.54, 1.807) is 0 Å². The Bertz CT molecular complexity index is 1330. The monoisotopic (exact) mass is 405 g/mol. The van der Waals surface area contributed by atoms with Crippen LogP contribution in [0.4, 0.5) is 0 Å². The summed E-state index contributed by atoms with van der Waals surface area (Å²) in [5.41, 5.74) is 13.8. The molecule has 0 saturated carbocycles. The standard InChI is InChI=1S/C29H29N2/c1-18-14-24-22-13-12-20(3)30-28(22)29(4,5)26(24)16-23(18)27-15-19(2)25(17-31(27)6)21-10-8-7-9-11-21/h7-17H,1-6H3/q+1. The molecule has 0 atom stereocenters. The molecule has 0 spiro atoms. The van der Waals surface area contributed by atoms with E-state index in [-0.39, 0.29) is 5.41 Å². The first-order valence-corrected chi connectivity index (χ1v) is 11.0. The first kappa shape index (κ1) is 19.7. The smallest absolute Gasteiger partial charge is 0.212 e. The highest BCUT2D eigenvalue weighted by atomic mass is 14.9. The predicted molar refractivity (Wildman–Crippen MR) is 128 cm³/mol. The number of aromatic nitrogens is 2. The lowest BCUT2D eigenvalue weighted by atomic mass is 9.83. The molecule has 2 heteroatoms. The minimum absolute atomic E-state index is 0.100. The van der Waals surface area contributed by atoms with E-state index >= 15 is 0 Å². The highest BCUT2D eigenvalue weighted by Gasteiger charge is 2.38. The number of rotatable bonds is 2. The Balaban J connectivity index is 1.68. The third-order valence-electron chi connectivity index (χ3n) is 6.80. The van der Waals surface area contributed by atoms with Crippen LogP contribution in [-0.2, 0) is 12.5 Å². The third kappa shape index (κ3) is 3.01. The second kappa shape index (κ2) is 6.88. The Labute approximate surface area is 185 Å². The maximum atomic E-state index is 4.92. The van der Waals surface area contributed by atoms with Crippen LogP contribution >= 0.6 is 0 Å². The summed E-state index contributed by atoms with van der Waals surface area (Å²) in [5, 5.41) is 0. The Morgan fingerprint density at radius 3 is 2.19 bits per heavy atom. The fourth-order valence-corrected chi connectivity index (χ4v) is 5.04. The predicted octanol–water partition coefficient (Wildman–Crippen LogP) is 6.47. The zero-order valence-corrected chi connectivity index (χ0v) is 19.2. The number of nitrogens with zero attached hydrogens (tertiary/aromatic N) is 2. The van der Waals surface area contributed by atoms with Crippen molar-refractivity contribution in [2.24, 2.45) is 7.05 Å². The fraction of sp³-hybridized carbons (Fsp3) is 0.241. The van der Waals surface area contributed by atoms with Crippen LogP contribution in [0.5, 0.6) is 0 Å². The molecule has 0 amide bonds. The number of hydrogen-bond acceptors (Lipinski definition) is 1. The number of pyridine rings is 2. The Morgan fingerprint density at radius 1 is 0.742 bits per heavy atom. The molecule has 0 radical (unpaired) electrons. The number of hydrogen-bond donors (Lipinski definition) is 0. The normalized spacial score (nSPS) is 13.7. The third-order valence-corrected chi connectivity index (χ3v) is 6.80. The number of aryl methyl sites for hydroxylation is 4. The van der Waals surface area contributed by atoms with Gasteiger partial charge in [-0.3, -0.25) is 4.98 Å². The van der Waals surface area contributed by atoms with Crippen LogP contribution < -0.4 is 4.57 Å². The van der Waals surface area contributed by atoms with E-state index in [9.17, 15) is 0 Å². The van der Waals surface area contributed by atoms with Gasteiger partial charge in [-0.1, -0.05) is 56.3 Å². The minimum atomic E-state index is -0.100. The lowest BCUT2D eigenvalue weighted by Gasteiger charge is -2.21. The molecule has 0 N–H and O–H groups in total. The molecule has 0 fully saturated rings. The van der Waals surface area contributed by atoms with E-state index in [0.29, 0.717) is 0 Å². The Kier molecular flexibility index (Phi) is 4.37. The Hall–Kier alpha value is -3.26. The topological polar surface area (TPSA) is 16.8 Å². The quantitative estimate of drug-likeness (QED) is 0.349. The van der Waals surface area contributed by atoms with Gasteiger partial charge in [0.1, 0.15) is 7.05 Å². The lowest BCUT2D eigenvalue weighted by Crippen LogP contribution is -2.31. The zero-order valence-electron chi connectivity index (χ0n) is 19.2. The molecule has 4 aromatic rings. The van der Waals surface area contributed by atoms with Gasteiger partial charge in [-0.2, -0.15) is 0 Å². The molecule has 154 valence electrons. The van der Waals surface area contributed by atoms with E-state index < -0.39 is 0 Å². The van der Waals surface area contributed by atoms with Crippen molar-refractivity contribution < 1.29 is 4.57 Å². The molecule has 1 aliphatic carbocycles. The molecule has 0 bridgehead atoms. The molecule has 0 aliphatic heterocycles. The minimum Gasteiger partial charge on any atom is -0.257 e. The van der Waals surface area contributed by atoms with Crippen LogP contribution in [0.2, 0.25) is 0 Å². The van der Waals surface area contributed by atoms with Gasteiger partial charge >= 0.3 is 0 Å². The average Bonchev–Trinajstić information content (AvgIpc) is 2.95. The summed E-state index contributed by atoms with van der Waals surface area (Å²) in [5.74, 6) is 0. The van der Waals surface area contributed by atoms with Crippen LogP contribution in [0.15, 0.2) is 66.9 Å². The summed E-state index contributed by atoms with van der Waals surface area (Å²) in [6, 6.07) is 22.1. The van der Waals surface area contributed by atoms with Gasteiger partial charge in [0.25, 0.3) is 0 Å². The van der Waals surface area contributed by atoms with Crippen molar-refractivity contribution in [2.75, 3.05) is 0 Å². The van der Waals surface area contributed by atoms with Crippen LogP contribution in [0.1, 0.15) is 41.9 Å². The van der Waals surface area contributed by atoms with Crippen LogP contribution in [0, 0.1) is 20.8 Å². The molecular formula is C29H29N2+. The summed E-state index contributed by atoms with van der Waals surface area (Å²) in [6.07, 6.45) is 2.26. The van der Waals surface area contributed by atoms with Crippen LogP contribution in [0.3, 0.4) is 0 Å². The average molecular weight is 406 g/mol. The van der Waals surface area contributed by atoms with Crippen molar-refractivity contribution in [2.45, 2.75) is 40.0 Å². The van der Waals surface area contributed by atoms with E-state index in [0.717, 1.165) is 5.69 Å². The number of benzene rings is 2. The molecule has 0 unspecified atom stereocenters. The van der Waals surface area contributed by atoms with Gasteiger partial charge < -0.3 is 0 Å². The van der Waals surface area contributed by atoms with Crippen molar-refractivity contribution in [3.05, 3.63) is 94.9 Å². The second-order valence-electron chi connectivity index (χ2n) is 9.42. The SMILES string of the molecule is Cc1ccc2c(n1)C(C)(C)c1cc(-c3cc(C)c(-c4ccccc4)c[n+]3C)c(C)cc1-2. The van der Waals surface area contributed by atoms with Crippen molar-refractivity contribution >= 4 is 0 Å². The van der Waals surface area contributed by atoms with Gasteiger partial charge in [-0.25, -0.2) is 4.57 Å². The fourth-order valence-electron chi connectivity index (χ4n) is 5.04. The first-order valence-electron chi connectivity index (χ1n) is 11.0. The molecule has 2 nitrogen and oxygen atoms in total. The molecule has 2 heterocycles. The molecule has 1 aliphatic rings. The van der Waals surface area contributed by atoms with Crippen molar-refractivity contribution in [3.8, 4) is 33.5 Å². The molecule has 2 aromatic heterocycles. The Morgan fingerprint density at radius 2 is 1.45 bits per heavy atom. The van der Waals surface area contributed by atoms with Gasteiger partial charge in [0.05, 0.1) is 5.69 Å². The molecule has 2 aromatic carbocycles.